The number of hydrogen-bond acceptors (Lipinski definition) is 5. The van der Waals surface area contributed by atoms with E-state index in [-0.39, 0.29) is 21.5 Å². The van der Waals surface area contributed by atoms with Crippen LogP contribution in [0.2, 0.25) is 0 Å². The van der Waals surface area contributed by atoms with Crippen LogP contribution < -0.4 is 11.0 Å². The van der Waals surface area contributed by atoms with Gasteiger partial charge in [0.1, 0.15) is 5.03 Å². The molecule has 102 valence electrons. The van der Waals surface area contributed by atoms with Gasteiger partial charge in [-0.25, -0.2) is 4.99 Å². The quantitative estimate of drug-likeness (QED) is 0.564. The SMILES string of the molecule is O=S(=O)(O)c1cccc(N=C2C(Cl)=CNNN2Cl)c1. The Balaban J connectivity index is 2.43. The predicted octanol–water partition coefficient (Wildman–Crippen LogP) is 1.52. The predicted molar refractivity (Wildman–Crippen MR) is 71.3 cm³/mol. The van der Waals surface area contributed by atoms with Crippen molar-refractivity contribution >= 4 is 45.0 Å². The molecule has 0 aromatic heterocycles. The zero-order valence-corrected chi connectivity index (χ0v) is 11.5. The molecule has 0 bridgehead atoms. The Morgan fingerprint density at radius 2 is 2.11 bits per heavy atom. The lowest BCUT2D eigenvalue weighted by Crippen LogP contribution is -2.46. The molecule has 7 nitrogen and oxygen atoms in total. The van der Waals surface area contributed by atoms with Gasteiger partial charge in [0.05, 0.1) is 10.6 Å². The number of benzene rings is 1. The molecule has 0 unspecified atom stereocenters. The third-order valence-electron chi connectivity index (χ3n) is 2.11. The number of nitrogens with one attached hydrogen (secondary N) is 2. The maximum Gasteiger partial charge on any atom is 0.294 e. The van der Waals surface area contributed by atoms with E-state index in [1.807, 2.05) is 0 Å². The summed E-state index contributed by atoms with van der Waals surface area (Å²) < 4.78 is 32.0. The van der Waals surface area contributed by atoms with Gasteiger partial charge < -0.3 is 5.43 Å². The fraction of sp³-hybridized carbons (Fsp3) is 0. The summed E-state index contributed by atoms with van der Waals surface area (Å²) >= 11 is 11.7. The van der Waals surface area contributed by atoms with E-state index in [1.165, 1.54) is 24.4 Å². The number of halogens is 2. The molecule has 1 heterocycles. The number of hydrazine groups is 2. The first-order valence-electron chi connectivity index (χ1n) is 4.87. The van der Waals surface area contributed by atoms with Gasteiger partial charge in [-0.2, -0.15) is 12.9 Å². The van der Waals surface area contributed by atoms with E-state index in [9.17, 15) is 8.42 Å². The summed E-state index contributed by atoms with van der Waals surface area (Å²) in [5.74, 6) is 0.176. The average molecular weight is 323 g/mol. The van der Waals surface area contributed by atoms with Gasteiger partial charge in [-0.3, -0.25) is 4.55 Å². The number of amidine groups is 1. The molecule has 0 aliphatic carbocycles. The number of nitrogens with zero attached hydrogens (tertiary/aromatic N) is 2. The minimum absolute atomic E-state index is 0.176. The molecule has 1 aliphatic rings. The number of aliphatic imine (C=N–C) groups is 1. The van der Waals surface area contributed by atoms with Gasteiger partial charge in [0.25, 0.3) is 10.1 Å². The van der Waals surface area contributed by atoms with Crippen LogP contribution in [0.25, 0.3) is 0 Å². The Labute approximate surface area is 119 Å². The van der Waals surface area contributed by atoms with Crippen molar-refractivity contribution in [3.05, 3.63) is 35.5 Å². The van der Waals surface area contributed by atoms with E-state index in [1.54, 1.807) is 6.07 Å². The molecular weight excluding hydrogens is 315 g/mol. The molecule has 0 radical (unpaired) electrons. The first-order valence-corrected chi connectivity index (χ1v) is 7.03. The molecule has 1 aromatic rings. The van der Waals surface area contributed by atoms with Gasteiger partial charge in [-0.1, -0.05) is 17.7 Å². The van der Waals surface area contributed by atoms with E-state index in [4.69, 9.17) is 27.9 Å². The van der Waals surface area contributed by atoms with Crippen molar-refractivity contribution in [1.82, 2.24) is 15.5 Å². The highest BCUT2D eigenvalue weighted by Gasteiger charge is 2.17. The molecule has 0 spiro atoms. The normalized spacial score (nSPS) is 18.2. The summed E-state index contributed by atoms with van der Waals surface area (Å²) in [5.41, 5.74) is 5.36. The van der Waals surface area contributed by atoms with Crippen LogP contribution >= 0.6 is 23.4 Å². The summed E-state index contributed by atoms with van der Waals surface area (Å²) in [6.45, 7) is 0. The molecule has 2 rings (SSSR count). The maximum atomic E-state index is 11.0. The van der Waals surface area contributed by atoms with Gasteiger partial charge in [0, 0.05) is 18.0 Å². The minimum Gasteiger partial charge on any atom is -0.308 e. The molecular formula is C9H8Cl2N4O3S. The molecule has 3 N–H and O–H groups in total. The Morgan fingerprint density at radius 1 is 1.37 bits per heavy atom. The highest BCUT2D eigenvalue weighted by molar-refractivity contribution is 7.85. The lowest BCUT2D eigenvalue weighted by atomic mass is 10.3. The highest BCUT2D eigenvalue weighted by Crippen LogP contribution is 2.21. The third-order valence-corrected chi connectivity index (χ3v) is 3.48. The molecule has 0 saturated carbocycles. The molecule has 10 heteroatoms. The van der Waals surface area contributed by atoms with Gasteiger partial charge in [0.15, 0.2) is 5.84 Å². The number of hydrogen-bond donors (Lipinski definition) is 3. The lowest BCUT2D eigenvalue weighted by Gasteiger charge is -2.22. The Kier molecular flexibility index (Phi) is 3.97. The van der Waals surface area contributed by atoms with Crippen LogP contribution in [0.1, 0.15) is 0 Å². The van der Waals surface area contributed by atoms with E-state index in [0.29, 0.717) is 0 Å². The van der Waals surface area contributed by atoms with E-state index < -0.39 is 10.1 Å². The van der Waals surface area contributed by atoms with E-state index in [0.717, 1.165) is 4.53 Å². The van der Waals surface area contributed by atoms with Crippen molar-refractivity contribution in [2.24, 2.45) is 4.99 Å². The highest BCUT2D eigenvalue weighted by atomic mass is 35.5. The van der Waals surface area contributed by atoms with Crippen molar-refractivity contribution < 1.29 is 13.0 Å². The second kappa shape index (κ2) is 5.35. The van der Waals surface area contributed by atoms with Crippen molar-refractivity contribution in [3.63, 3.8) is 0 Å². The second-order valence-electron chi connectivity index (χ2n) is 3.44. The zero-order chi connectivity index (χ0) is 14.0. The standard InChI is InChI=1S/C9H8Cl2N4O3S/c10-8-5-12-14-15(11)9(8)13-6-2-1-3-7(4-6)19(16,17)18/h1-5,12,14H,(H,16,17,18). The van der Waals surface area contributed by atoms with Crippen molar-refractivity contribution in [2.45, 2.75) is 4.90 Å². The Morgan fingerprint density at radius 3 is 2.74 bits per heavy atom. The Bertz CT molecular complexity index is 659. The monoisotopic (exact) mass is 322 g/mol. The third kappa shape index (κ3) is 3.37. The average Bonchev–Trinajstić information content (AvgIpc) is 2.33. The van der Waals surface area contributed by atoms with E-state index in [2.05, 4.69) is 16.0 Å². The Hall–Kier alpha value is -1.32. The molecule has 19 heavy (non-hydrogen) atoms. The lowest BCUT2D eigenvalue weighted by molar-refractivity contribution is 0.418. The van der Waals surface area contributed by atoms with Crippen molar-refractivity contribution in [3.8, 4) is 0 Å². The molecule has 0 atom stereocenters. The van der Waals surface area contributed by atoms with Crippen LogP contribution in [0.3, 0.4) is 0 Å². The van der Waals surface area contributed by atoms with Gasteiger partial charge >= 0.3 is 0 Å². The molecule has 0 fully saturated rings. The zero-order valence-electron chi connectivity index (χ0n) is 9.21. The van der Waals surface area contributed by atoms with Gasteiger partial charge in [-0.15, -0.1) is 5.53 Å². The van der Waals surface area contributed by atoms with E-state index >= 15 is 0 Å². The summed E-state index contributed by atoms with van der Waals surface area (Å²) in [7, 11) is -4.28. The van der Waals surface area contributed by atoms with Gasteiger partial charge in [-0.05, 0) is 18.2 Å². The fourth-order valence-corrected chi connectivity index (χ4v) is 2.22. The first kappa shape index (κ1) is 14.1. The van der Waals surface area contributed by atoms with Gasteiger partial charge in [0.2, 0.25) is 0 Å². The smallest absolute Gasteiger partial charge is 0.294 e. The largest absolute Gasteiger partial charge is 0.308 e. The fourth-order valence-electron chi connectivity index (χ4n) is 1.30. The van der Waals surface area contributed by atoms with Crippen LogP contribution in [0.5, 0.6) is 0 Å². The minimum atomic E-state index is -4.28. The van der Waals surface area contributed by atoms with Crippen LogP contribution in [0.4, 0.5) is 5.69 Å². The summed E-state index contributed by atoms with van der Waals surface area (Å²) in [6.07, 6.45) is 1.42. The van der Waals surface area contributed by atoms with Crippen molar-refractivity contribution in [2.75, 3.05) is 0 Å². The molecule has 1 aliphatic heterocycles. The number of rotatable bonds is 2. The van der Waals surface area contributed by atoms with Crippen LogP contribution in [0, 0.1) is 0 Å². The van der Waals surface area contributed by atoms with Crippen LogP contribution in [0.15, 0.2) is 45.4 Å². The van der Waals surface area contributed by atoms with Crippen LogP contribution in [-0.4, -0.2) is 23.3 Å². The van der Waals surface area contributed by atoms with Crippen molar-refractivity contribution in [1.29, 1.82) is 0 Å². The molecule has 0 amide bonds. The second-order valence-corrected chi connectivity index (χ2v) is 5.60. The summed E-state index contributed by atoms with van der Waals surface area (Å²) in [5, 5.41) is 0.228. The topological polar surface area (TPSA) is 94.0 Å². The summed E-state index contributed by atoms with van der Waals surface area (Å²) in [4.78, 5) is 3.82. The molecule has 1 aromatic carbocycles. The van der Waals surface area contributed by atoms with Crippen LogP contribution in [-0.2, 0) is 10.1 Å². The molecule has 0 saturated heterocycles. The first-order chi connectivity index (χ1) is 8.88. The summed E-state index contributed by atoms with van der Waals surface area (Å²) in [6, 6.07) is 5.42. The maximum absolute atomic E-state index is 11.0.